The highest BCUT2D eigenvalue weighted by atomic mass is 32.1. The van der Waals surface area contributed by atoms with E-state index in [1.54, 1.807) is 34.7 Å². The van der Waals surface area contributed by atoms with E-state index in [1.165, 1.54) is 0 Å². The van der Waals surface area contributed by atoms with Gasteiger partial charge < -0.3 is 5.32 Å². The lowest BCUT2D eigenvalue weighted by Gasteiger charge is -2.00. The molecule has 108 valence electrons. The Balaban J connectivity index is 1.65. The molecule has 0 saturated carbocycles. The smallest absolute Gasteiger partial charge is 0.242 e. The van der Waals surface area contributed by atoms with Gasteiger partial charge in [-0.25, -0.2) is 14.6 Å². The highest BCUT2D eigenvalue weighted by molar-refractivity contribution is 7.09. The Hall–Kier alpha value is -2.28. The molecule has 21 heavy (non-hydrogen) atoms. The maximum Gasteiger partial charge on any atom is 0.242 e. The van der Waals surface area contributed by atoms with Gasteiger partial charge in [0.1, 0.15) is 6.33 Å². The maximum absolute atomic E-state index is 4.58. The first-order valence-electron chi connectivity index (χ1n) is 6.72. The van der Waals surface area contributed by atoms with Crippen molar-refractivity contribution < 1.29 is 0 Å². The van der Waals surface area contributed by atoms with Crippen molar-refractivity contribution in [2.45, 2.75) is 26.3 Å². The third-order valence-electron chi connectivity index (χ3n) is 2.91. The monoisotopic (exact) mass is 300 g/mol. The number of aromatic nitrogens is 5. The van der Waals surface area contributed by atoms with E-state index in [4.69, 9.17) is 0 Å². The van der Waals surface area contributed by atoms with Gasteiger partial charge in [0.15, 0.2) is 0 Å². The van der Waals surface area contributed by atoms with Gasteiger partial charge >= 0.3 is 0 Å². The van der Waals surface area contributed by atoms with Crippen LogP contribution in [0.2, 0.25) is 0 Å². The Morgan fingerprint density at radius 2 is 2.10 bits per heavy atom. The number of rotatable bonds is 5. The highest BCUT2D eigenvalue weighted by Gasteiger charge is 2.07. The molecule has 0 radical (unpaired) electrons. The number of pyridine rings is 1. The van der Waals surface area contributed by atoms with E-state index in [1.807, 2.05) is 12.1 Å². The van der Waals surface area contributed by atoms with Gasteiger partial charge in [-0.1, -0.05) is 13.8 Å². The summed E-state index contributed by atoms with van der Waals surface area (Å²) in [5.74, 6) is 1.05. The number of nitrogens with zero attached hydrogens (tertiary/aromatic N) is 5. The molecule has 0 aliphatic heterocycles. The Kier molecular flexibility index (Phi) is 3.92. The van der Waals surface area contributed by atoms with E-state index in [9.17, 15) is 0 Å². The molecule has 3 aromatic rings. The molecular weight excluding hydrogens is 284 g/mol. The molecule has 0 unspecified atom stereocenters. The molecule has 0 spiro atoms. The molecular formula is C14H16N6S. The number of hydrogen-bond donors (Lipinski definition) is 1. The lowest BCUT2D eigenvalue weighted by Crippen LogP contribution is -2.03. The number of hydrogen-bond acceptors (Lipinski definition) is 6. The second kappa shape index (κ2) is 6.01. The van der Waals surface area contributed by atoms with Crippen molar-refractivity contribution >= 4 is 17.3 Å². The van der Waals surface area contributed by atoms with E-state index in [0.29, 0.717) is 18.4 Å². The predicted molar refractivity (Wildman–Crippen MR) is 82.7 cm³/mol. The molecule has 7 heteroatoms. The van der Waals surface area contributed by atoms with Crippen LogP contribution in [0.15, 0.2) is 36.2 Å². The van der Waals surface area contributed by atoms with Gasteiger partial charge in [0.2, 0.25) is 5.95 Å². The molecule has 0 amide bonds. The molecule has 0 bridgehead atoms. The van der Waals surface area contributed by atoms with Gasteiger partial charge in [-0.2, -0.15) is 0 Å². The third kappa shape index (κ3) is 3.25. The van der Waals surface area contributed by atoms with E-state index in [0.717, 1.165) is 16.4 Å². The topological polar surface area (TPSA) is 68.5 Å². The van der Waals surface area contributed by atoms with E-state index >= 15 is 0 Å². The lowest BCUT2D eigenvalue weighted by atomic mass is 10.2. The molecule has 0 atom stereocenters. The molecule has 6 nitrogen and oxygen atoms in total. The summed E-state index contributed by atoms with van der Waals surface area (Å²) in [4.78, 5) is 12.8. The molecule has 0 saturated heterocycles. The number of thiazole rings is 1. The molecule has 0 aromatic carbocycles. The van der Waals surface area contributed by atoms with Crippen LogP contribution < -0.4 is 5.32 Å². The first-order valence-corrected chi connectivity index (χ1v) is 7.60. The van der Waals surface area contributed by atoms with Crippen LogP contribution in [0.1, 0.15) is 30.5 Å². The summed E-state index contributed by atoms with van der Waals surface area (Å²) in [6.07, 6.45) is 5.14. The normalized spacial score (nSPS) is 11.0. The van der Waals surface area contributed by atoms with Crippen molar-refractivity contribution in [3.8, 4) is 5.69 Å². The lowest BCUT2D eigenvalue weighted by molar-refractivity contribution is 0.838. The van der Waals surface area contributed by atoms with Crippen LogP contribution in [0.25, 0.3) is 5.69 Å². The maximum atomic E-state index is 4.58. The third-order valence-corrected chi connectivity index (χ3v) is 4.10. The molecule has 0 fully saturated rings. The Labute approximate surface area is 126 Å². The summed E-state index contributed by atoms with van der Waals surface area (Å²) in [6, 6.07) is 3.77. The van der Waals surface area contributed by atoms with Crippen molar-refractivity contribution in [1.29, 1.82) is 0 Å². The molecule has 3 heterocycles. The van der Waals surface area contributed by atoms with Crippen LogP contribution in [0.3, 0.4) is 0 Å². The average Bonchev–Trinajstić information content (AvgIpc) is 3.15. The fraction of sp³-hybridized carbons (Fsp3) is 0.286. The van der Waals surface area contributed by atoms with Crippen molar-refractivity contribution in [3.05, 3.63) is 46.9 Å². The first-order chi connectivity index (χ1) is 10.2. The van der Waals surface area contributed by atoms with E-state index < -0.39 is 0 Å². The Bertz CT molecular complexity index is 703. The van der Waals surface area contributed by atoms with Gasteiger partial charge in [0, 0.05) is 23.7 Å². The molecule has 0 aliphatic rings. The summed E-state index contributed by atoms with van der Waals surface area (Å²) >= 11 is 1.69. The minimum atomic E-state index is 0.466. The average molecular weight is 300 g/mol. The zero-order chi connectivity index (χ0) is 14.7. The van der Waals surface area contributed by atoms with Gasteiger partial charge in [0.25, 0.3) is 0 Å². The zero-order valence-corrected chi connectivity index (χ0v) is 12.7. The molecule has 3 rings (SSSR count). The second-order valence-corrected chi connectivity index (χ2v) is 5.79. The van der Waals surface area contributed by atoms with Crippen LogP contribution >= 0.6 is 11.3 Å². The molecule has 0 aliphatic carbocycles. The summed E-state index contributed by atoms with van der Waals surface area (Å²) in [6.45, 7) is 4.92. The minimum absolute atomic E-state index is 0.466. The zero-order valence-electron chi connectivity index (χ0n) is 11.9. The summed E-state index contributed by atoms with van der Waals surface area (Å²) in [5.41, 5.74) is 1.95. The summed E-state index contributed by atoms with van der Waals surface area (Å²) in [7, 11) is 0. The van der Waals surface area contributed by atoms with Gasteiger partial charge in [0.05, 0.1) is 22.9 Å². The van der Waals surface area contributed by atoms with E-state index in [2.05, 4.69) is 44.6 Å². The molecule has 1 N–H and O–H groups in total. The molecule has 3 aromatic heterocycles. The van der Waals surface area contributed by atoms with Gasteiger partial charge in [-0.3, -0.25) is 4.98 Å². The number of nitrogens with one attached hydrogen (secondary N) is 1. The van der Waals surface area contributed by atoms with Crippen LogP contribution in [0, 0.1) is 0 Å². The Morgan fingerprint density at radius 1 is 1.29 bits per heavy atom. The van der Waals surface area contributed by atoms with Gasteiger partial charge in [-0.15, -0.1) is 16.4 Å². The SMILES string of the molecule is CC(C)c1nc(CNc2ncn(-c3ccncc3)n2)cs1. The van der Waals surface area contributed by atoms with Gasteiger partial charge in [-0.05, 0) is 12.1 Å². The first kappa shape index (κ1) is 13.7. The predicted octanol–water partition coefficient (Wildman–Crippen LogP) is 2.85. The van der Waals surface area contributed by atoms with Crippen molar-refractivity contribution in [2.75, 3.05) is 5.32 Å². The van der Waals surface area contributed by atoms with Crippen LogP contribution in [-0.2, 0) is 6.54 Å². The van der Waals surface area contributed by atoms with Crippen LogP contribution in [0.5, 0.6) is 0 Å². The van der Waals surface area contributed by atoms with Crippen molar-refractivity contribution in [2.24, 2.45) is 0 Å². The largest absolute Gasteiger partial charge is 0.347 e. The van der Waals surface area contributed by atoms with Crippen LogP contribution in [-0.4, -0.2) is 24.7 Å². The number of anilines is 1. The quantitative estimate of drug-likeness (QED) is 0.784. The fourth-order valence-electron chi connectivity index (χ4n) is 1.80. The fourth-order valence-corrected chi connectivity index (χ4v) is 2.64. The minimum Gasteiger partial charge on any atom is -0.347 e. The van der Waals surface area contributed by atoms with E-state index in [-0.39, 0.29) is 0 Å². The summed E-state index contributed by atoms with van der Waals surface area (Å²) in [5, 5.41) is 10.8. The van der Waals surface area contributed by atoms with Crippen molar-refractivity contribution in [3.63, 3.8) is 0 Å². The van der Waals surface area contributed by atoms with Crippen LogP contribution in [0.4, 0.5) is 5.95 Å². The second-order valence-electron chi connectivity index (χ2n) is 4.90. The summed E-state index contributed by atoms with van der Waals surface area (Å²) < 4.78 is 1.71. The van der Waals surface area contributed by atoms with Crippen molar-refractivity contribution in [1.82, 2.24) is 24.7 Å². The highest BCUT2D eigenvalue weighted by Crippen LogP contribution is 2.19. The Morgan fingerprint density at radius 3 is 2.81 bits per heavy atom. The standard InChI is InChI=1S/C14H16N6S/c1-10(2)13-18-11(8-21-13)7-16-14-17-9-20(19-14)12-3-5-15-6-4-12/h3-6,8-10H,7H2,1-2H3,(H,16,19).